The van der Waals surface area contributed by atoms with Crippen LogP contribution in [0, 0.1) is 12.8 Å². The van der Waals surface area contributed by atoms with Gasteiger partial charge in [-0.1, -0.05) is 35.9 Å². The lowest BCUT2D eigenvalue weighted by atomic mass is 9.73. The van der Waals surface area contributed by atoms with Crippen molar-refractivity contribution in [2.45, 2.75) is 26.2 Å². The molecule has 0 amide bonds. The largest absolute Gasteiger partial charge is 0.493 e. The molecular formula is C24H26O5. The van der Waals surface area contributed by atoms with Gasteiger partial charge in [-0.3, -0.25) is 9.59 Å². The van der Waals surface area contributed by atoms with Crippen LogP contribution in [0.25, 0.3) is 5.57 Å². The quantitative estimate of drug-likeness (QED) is 0.539. The molecule has 1 aliphatic rings. The summed E-state index contributed by atoms with van der Waals surface area (Å²) in [6, 6.07) is 13.5. The van der Waals surface area contributed by atoms with Crippen molar-refractivity contribution in [3.8, 4) is 11.5 Å². The van der Waals surface area contributed by atoms with Gasteiger partial charge in [0.1, 0.15) is 5.92 Å². The van der Waals surface area contributed by atoms with Gasteiger partial charge in [0.25, 0.3) is 0 Å². The number of ketones is 1. The Kier molecular flexibility index (Phi) is 6.37. The second-order valence-electron chi connectivity index (χ2n) is 7.10. The van der Waals surface area contributed by atoms with E-state index < -0.39 is 11.9 Å². The van der Waals surface area contributed by atoms with Gasteiger partial charge < -0.3 is 14.2 Å². The van der Waals surface area contributed by atoms with E-state index in [1.54, 1.807) is 33.3 Å². The number of methoxy groups -OCH3 is 2. The van der Waals surface area contributed by atoms with Crippen LogP contribution in [-0.2, 0) is 14.3 Å². The minimum atomic E-state index is -0.874. The zero-order chi connectivity index (χ0) is 21.0. The molecule has 0 saturated heterocycles. The number of allylic oxidation sites excluding steroid dienone is 2. The predicted molar refractivity (Wildman–Crippen MR) is 111 cm³/mol. The minimum absolute atomic E-state index is 0.231. The number of aryl methyl sites for hydroxylation is 1. The molecule has 2 unspecified atom stereocenters. The van der Waals surface area contributed by atoms with Gasteiger partial charge in [0.2, 0.25) is 0 Å². The number of carbonyl (C=O) groups is 2. The third-order valence-corrected chi connectivity index (χ3v) is 5.23. The Labute approximate surface area is 171 Å². The van der Waals surface area contributed by atoms with E-state index in [9.17, 15) is 9.59 Å². The monoisotopic (exact) mass is 394 g/mol. The molecule has 2 aromatic carbocycles. The number of hydrogen-bond acceptors (Lipinski definition) is 5. The summed E-state index contributed by atoms with van der Waals surface area (Å²) in [6.45, 7) is 3.99. The zero-order valence-electron chi connectivity index (χ0n) is 17.2. The van der Waals surface area contributed by atoms with Gasteiger partial charge >= 0.3 is 5.97 Å². The van der Waals surface area contributed by atoms with E-state index in [1.165, 1.54) is 0 Å². The number of benzene rings is 2. The second-order valence-corrected chi connectivity index (χ2v) is 7.10. The summed E-state index contributed by atoms with van der Waals surface area (Å²) in [5, 5.41) is 0. The minimum Gasteiger partial charge on any atom is -0.493 e. The van der Waals surface area contributed by atoms with Gasteiger partial charge in [0.15, 0.2) is 17.3 Å². The second kappa shape index (κ2) is 8.95. The molecule has 3 rings (SSSR count). The molecule has 29 heavy (non-hydrogen) atoms. The van der Waals surface area contributed by atoms with Gasteiger partial charge in [0.05, 0.1) is 20.8 Å². The maximum atomic E-state index is 13.0. The van der Waals surface area contributed by atoms with Crippen LogP contribution in [0.5, 0.6) is 11.5 Å². The summed E-state index contributed by atoms with van der Waals surface area (Å²) < 4.78 is 16.0. The molecule has 2 atom stereocenters. The van der Waals surface area contributed by atoms with Crippen LogP contribution in [0.4, 0.5) is 0 Å². The third kappa shape index (κ3) is 4.34. The van der Waals surface area contributed by atoms with Crippen LogP contribution in [-0.4, -0.2) is 32.6 Å². The number of esters is 1. The van der Waals surface area contributed by atoms with Crippen molar-refractivity contribution >= 4 is 17.3 Å². The lowest BCUT2D eigenvalue weighted by Crippen LogP contribution is -2.34. The summed E-state index contributed by atoms with van der Waals surface area (Å²) >= 11 is 0. The summed E-state index contributed by atoms with van der Waals surface area (Å²) in [5.74, 6) is -0.779. The van der Waals surface area contributed by atoms with E-state index in [0.29, 0.717) is 17.9 Å². The highest BCUT2D eigenvalue weighted by molar-refractivity contribution is 6.10. The van der Waals surface area contributed by atoms with Gasteiger partial charge in [0, 0.05) is 5.92 Å². The Hall–Kier alpha value is -3.08. The standard InChI is InChI=1S/C24H26O5/c1-5-29-24(26)23-19(17-9-10-21(27-3)22(14-17)28-4)12-18(13-20(23)25)16-8-6-7-15(2)11-16/h6-11,13-14,19,23H,5,12H2,1-4H3. The highest BCUT2D eigenvalue weighted by Gasteiger charge is 2.40. The van der Waals surface area contributed by atoms with Crippen molar-refractivity contribution in [2.24, 2.45) is 5.92 Å². The van der Waals surface area contributed by atoms with Gasteiger partial charge in [-0.05, 0) is 55.2 Å². The molecule has 0 fully saturated rings. The van der Waals surface area contributed by atoms with E-state index in [4.69, 9.17) is 14.2 Å². The molecule has 0 radical (unpaired) electrons. The van der Waals surface area contributed by atoms with Crippen molar-refractivity contribution in [1.82, 2.24) is 0 Å². The van der Waals surface area contributed by atoms with Gasteiger partial charge in [-0.2, -0.15) is 0 Å². The van der Waals surface area contributed by atoms with E-state index in [2.05, 4.69) is 6.07 Å². The fourth-order valence-corrected chi connectivity index (χ4v) is 3.83. The molecule has 2 aromatic rings. The number of ether oxygens (including phenoxy) is 3. The Morgan fingerprint density at radius 1 is 1.07 bits per heavy atom. The van der Waals surface area contributed by atoms with Crippen LogP contribution in [0.3, 0.4) is 0 Å². The average Bonchev–Trinajstić information content (AvgIpc) is 2.72. The highest BCUT2D eigenvalue weighted by atomic mass is 16.5. The molecule has 0 spiro atoms. The Bertz CT molecular complexity index is 944. The molecule has 0 heterocycles. The summed E-state index contributed by atoms with van der Waals surface area (Å²) in [7, 11) is 3.14. The first-order valence-corrected chi connectivity index (χ1v) is 9.68. The average molecular weight is 394 g/mol. The number of rotatable bonds is 6. The Morgan fingerprint density at radius 3 is 2.48 bits per heavy atom. The molecule has 5 heteroatoms. The molecule has 5 nitrogen and oxygen atoms in total. The molecule has 0 bridgehead atoms. The normalized spacial score (nSPS) is 18.8. The first-order valence-electron chi connectivity index (χ1n) is 9.68. The van der Waals surface area contributed by atoms with Crippen LogP contribution < -0.4 is 9.47 Å². The van der Waals surface area contributed by atoms with E-state index >= 15 is 0 Å². The maximum Gasteiger partial charge on any atom is 0.317 e. The Morgan fingerprint density at radius 2 is 1.83 bits per heavy atom. The lowest BCUT2D eigenvalue weighted by molar-refractivity contribution is -0.151. The van der Waals surface area contributed by atoms with E-state index in [-0.39, 0.29) is 18.3 Å². The summed E-state index contributed by atoms with van der Waals surface area (Å²) in [5.41, 5.74) is 3.86. The molecule has 0 N–H and O–H groups in total. The number of carbonyl (C=O) groups excluding carboxylic acids is 2. The van der Waals surface area contributed by atoms with Crippen molar-refractivity contribution in [3.63, 3.8) is 0 Å². The van der Waals surface area contributed by atoms with Crippen LogP contribution in [0.2, 0.25) is 0 Å². The van der Waals surface area contributed by atoms with Crippen LogP contribution in [0.15, 0.2) is 48.5 Å². The fraction of sp³-hybridized carbons (Fsp3) is 0.333. The molecule has 152 valence electrons. The molecule has 0 aromatic heterocycles. The van der Waals surface area contributed by atoms with E-state index in [1.807, 2.05) is 37.3 Å². The zero-order valence-corrected chi connectivity index (χ0v) is 17.2. The van der Waals surface area contributed by atoms with Gasteiger partial charge in [-0.25, -0.2) is 0 Å². The smallest absolute Gasteiger partial charge is 0.317 e. The Balaban J connectivity index is 2.06. The predicted octanol–water partition coefficient (Wildman–Crippen LogP) is 4.33. The van der Waals surface area contributed by atoms with Gasteiger partial charge in [-0.15, -0.1) is 0 Å². The van der Waals surface area contributed by atoms with Crippen molar-refractivity contribution in [2.75, 3.05) is 20.8 Å². The molecule has 0 saturated carbocycles. The van der Waals surface area contributed by atoms with E-state index in [0.717, 1.165) is 22.3 Å². The van der Waals surface area contributed by atoms with Crippen molar-refractivity contribution < 1.29 is 23.8 Å². The molecule has 1 aliphatic carbocycles. The lowest BCUT2D eigenvalue weighted by Gasteiger charge is -2.30. The summed E-state index contributed by atoms with van der Waals surface area (Å²) in [6.07, 6.45) is 2.14. The number of hydrogen-bond donors (Lipinski definition) is 0. The topological polar surface area (TPSA) is 61.8 Å². The van der Waals surface area contributed by atoms with Crippen molar-refractivity contribution in [1.29, 1.82) is 0 Å². The van der Waals surface area contributed by atoms with Crippen LogP contribution in [0.1, 0.15) is 36.0 Å². The first kappa shape index (κ1) is 20.6. The van der Waals surface area contributed by atoms with Crippen LogP contribution >= 0.6 is 0 Å². The first-order chi connectivity index (χ1) is 14.0. The maximum absolute atomic E-state index is 13.0. The van der Waals surface area contributed by atoms with Crippen molar-refractivity contribution in [3.05, 3.63) is 65.2 Å². The molecule has 0 aliphatic heterocycles. The third-order valence-electron chi connectivity index (χ3n) is 5.23. The molecular weight excluding hydrogens is 368 g/mol. The summed E-state index contributed by atoms with van der Waals surface area (Å²) in [4.78, 5) is 25.6. The SMILES string of the molecule is CCOC(=O)C1C(=O)C=C(c2cccc(C)c2)CC1c1ccc(OC)c(OC)c1. The highest BCUT2D eigenvalue weighted by Crippen LogP contribution is 2.42. The fourth-order valence-electron chi connectivity index (χ4n) is 3.83.